The molecule has 0 aliphatic carbocycles. The highest BCUT2D eigenvalue weighted by Crippen LogP contribution is 2.27. The minimum Gasteiger partial charge on any atom is -0.385 e. The molecular weight excluding hydrogens is 294 g/mol. The van der Waals surface area contributed by atoms with Crippen molar-refractivity contribution in [2.45, 2.75) is 32.1 Å². The minimum absolute atomic E-state index is 0.167. The van der Waals surface area contributed by atoms with E-state index in [1.807, 2.05) is 20.8 Å². The molecule has 1 atom stereocenters. The van der Waals surface area contributed by atoms with Crippen LogP contribution in [0.15, 0.2) is 23.1 Å². The maximum Gasteiger partial charge on any atom is 0.291 e. The van der Waals surface area contributed by atoms with Gasteiger partial charge in [0.2, 0.25) is 10.0 Å². The lowest BCUT2D eigenvalue weighted by atomic mass is 10.1. The Hall–Kier alpha value is -1.67. The highest BCUT2D eigenvalue weighted by Gasteiger charge is 2.26. The average molecular weight is 315 g/mol. The van der Waals surface area contributed by atoms with Gasteiger partial charge in [-0.05, 0) is 25.0 Å². The Kier molecular flexibility index (Phi) is 6.10. The molecule has 1 aromatic carbocycles. The molecule has 0 amide bonds. The SMILES string of the molecule is CCNc1ccc(S(=O)(=O)NCC(C)CC)c([N+](=O)[O-])c1. The predicted molar refractivity (Wildman–Crippen MR) is 81.9 cm³/mol. The van der Waals surface area contributed by atoms with Crippen LogP contribution in [-0.4, -0.2) is 26.4 Å². The van der Waals surface area contributed by atoms with Crippen molar-refractivity contribution < 1.29 is 13.3 Å². The van der Waals surface area contributed by atoms with Gasteiger partial charge < -0.3 is 5.32 Å². The number of hydrogen-bond acceptors (Lipinski definition) is 5. The number of sulfonamides is 1. The van der Waals surface area contributed by atoms with Crippen molar-refractivity contribution in [2.75, 3.05) is 18.4 Å². The number of benzene rings is 1. The van der Waals surface area contributed by atoms with E-state index >= 15 is 0 Å². The molecule has 7 nitrogen and oxygen atoms in total. The molecule has 0 aliphatic rings. The Morgan fingerprint density at radius 3 is 2.52 bits per heavy atom. The second-order valence-electron chi connectivity index (χ2n) is 4.84. The molecule has 21 heavy (non-hydrogen) atoms. The Morgan fingerprint density at radius 2 is 2.00 bits per heavy atom. The van der Waals surface area contributed by atoms with Gasteiger partial charge in [-0.3, -0.25) is 10.1 Å². The predicted octanol–water partition coefficient (Wildman–Crippen LogP) is 2.35. The Labute approximate surface area is 124 Å². The van der Waals surface area contributed by atoms with Crippen molar-refractivity contribution in [1.29, 1.82) is 0 Å². The van der Waals surface area contributed by atoms with Crippen LogP contribution in [-0.2, 0) is 10.0 Å². The lowest BCUT2D eigenvalue weighted by Gasteiger charge is -2.12. The standard InChI is InChI=1S/C13H21N3O4S/c1-4-10(3)9-15-21(19,20)13-7-6-11(14-5-2)8-12(13)16(17)18/h6-8,10,14-15H,4-5,9H2,1-3H3. The third-order valence-electron chi connectivity index (χ3n) is 3.14. The number of nitrogens with zero attached hydrogens (tertiary/aromatic N) is 1. The summed E-state index contributed by atoms with van der Waals surface area (Å²) in [5.74, 6) is 0.167. The average Bonchev–Trinajstić information content (AvgIpc) is 2.44. The van der Waals surface area contributed by atoms with E-state index in [0.717, 1.165) is 6.42 Å². The van der Waals surface area contributed by atoms with Gasteiger partial charge in [0, 0.05) is 24.8 Å². The topological polar surface area (TPSA) is 101 Å². The van der Waals surface area contributed by atoms with Crippen molar-refractivity contribution in [1.82, 2.24) is 4.72 Å². The minimum atomic E-state index is -3.89. The van der Waals surface area contributed by atoms with Crippen LogP contribution in [0.2, 0.25) is 0 Å². The second-order valence-corrected chi connectivity index (χ2v) is 6.57. The highest BCUT2D eigenvalue weighted by molar-refractivity contribution is 7.89. The lowest BCUT2D eigenvalue weighted by molar-refractivity contribution is -0.387. The first-order valence-corrected chi connectivity index (χ1v) is 8.32. The van der Waals surface area contributed by atoms with Crippen LogP contribution >= 0.6 is 0 Å². The third kappa shape index (κ3) is 4.68. The molecule has 2 N–H and O–H groups in total. The zero-order chi connectivity index (χ0) is 16.0. The number of hydrogen-bond donors (Lipinski definition) is 2. The fourth-order valence-electron chi connectivity index (χ4n) is 1.68. The first kappa shape index (κ1) is 17.4. The summed E-state index contributed by atoms with van der Waals surface area (Å²) in [6, 6.07) is 4.02. The van der Waals surface area contributed by atoms with Crippen molar-refractivity contribution >= 4 is 21.4 Å². The van der Waals surface area contributed by atoms with Gasteiger partial charge in [0.25, 0.3) is 5.69 Å². The number of nitro groups is 1. The van der Waals surface area contributed by atoms with Crippen LogP contribution in [0.25, 0.3) is 0 Å². The Balaban J connectivity index is 3.13. The van der Waals surface area contributed by atoms with Crippen LogP contribution < -0.4 is 10.0 Å². The van der Waals surface area contributed by atoms with Crippen LogP contribution in [0, 0.1) is 16.0 Å². The molecule has 0 spiro atoms. The largest absolute Gasteiger partial charge is 0.385 e. The maximum absolute atomic E-state index is 12.2. The van der Waals surface area contributed by atoms with Crippen LogP contribution in [0.4, 0.5) is 11.4 Å². The number of nitrogens with one attached hydrogen (secondary N) is 2. The molecule has 1 unspecified atom stereocenters. The van der Waals surface area contributed by atoms with Gasteiger partial charge in [-0.2, -0.15) is 0 Å². The zero-order valence-electron chi connectivity index (χ0n) is 12.4. The Bertz CT molecular complexity index is 601. The van der Waals surface area contributed by atoms with E-state index in [2.05, 4.69) is 10.0 Å². The van der Waals surface area contributed by atoms with Crippen molar-refractivity contribution in [3.63, 3.8) is 0 Å². The van der Waals surface area contributed by atoms with Gasteiger partial charge in [0.1, 0.15) is 0 Å². The summed E-state index contributed by atoms with van der Waals surface area (Å²) < 4.78 is 26.8. The molecule has 0 aromatic heterocycles. The van der Waals surface area contributed by atoms with Gasteiger partial charge >= 0.3 is 0 Å². The molecular formula is C13H21N3O4S. The van der Waals surface area contributed by atoms with E-state index in [9.17, 15) is 18.5 Å². The van der Waals surface area contributed by atoms with E-state index < -0.39 is 20.6 Å². The summed E-state index contributed by atoms with van der Waals surface area (Å²) in [7, 11) is -3.89. The molecule has 1 aromatic rings. The van der Waals surface area contributed by atoms with Crippen molar-refractivity contribution in [3.05, 3.63) is 28.3 Å². The molecule has 0 fully saturated rings. The normalized spacial score (nSPS) is 12.9. The molecule has 0 aliphatic heterocycles. The van der Waals surface area contributed by atoms with E-state index in [1.165, 1.54) is 18.2 Å². The molecule has 0 saturated carbocycles. The molecule has 8 heteroatoms. The van der Waals surface area contributed by atoms with Gasteiger partial charge in [-0.1, -0.05) is 20.3 Å². The van der Waals surface area contributed by atoms with Gasteiger partial charge in [-0.25, -0.2) is 13.1 Å². The third-order valence-corrected chi connectivity index (χ3v) is 4.62. The summed E-state index contributed by atoms with van der Waals surface area (Å²) in [5, 5.41) is 14.0. The van der Waals surface area contributed by atoms with Gasteiger partial charge in [-0.15, -0.1) is 0 Å². The highest BCUT2D eigenvalue weighted by atomic mass is 32.2. The van der Waals surface area contributed by atoms with Crippen LogP contribution in [0.3, 0.4) is 0 Å². The fourth-order valence-corrected chi connectivity index (χ4v) is 2.99. The monoisotopic (exact) mass is 315 g/mol. The van der Waals surface area contributed by atoms with Crippen LogP contribution in [0.5, 0.6) is 0 Å². The summed E-state index contributed by atoms with van der Waals surface area (Å²) in [6.07, 6.45) is 0.823. The molecule has 0 radical (unpaired) electrons. The first-order valence-electron chi connectivity index (χ1n) is 6.83. The van der Waals surface area contributed by atoms with Crippen molar-refractivity contribution in [3.8, 4) is 0 Å². The lowest BCUT2D eigenvalue weighted by Crippen LogP contribution is -2.28. The molecule has 0 saturated heterocycles. The number of anilines is 1. The molecule has 1 rings (SSSR count). The van der Waals surface area contributed by atoms with Crippen LogP contribution in [0.1, 0.15) is 27.2 Å². The summed E-state index contributed by atoms with van der Waals surface area (Å²) in [6.45, 7) is 6.56. The second kappa shape index (κ2) is 7.37. The summed E-state index contributed by atoms with van der Waals surface area (Å²) in [4.78, 5) is 10.1. The quantitative estimate of drug-likeness (QED) is 0.566. The van der Waals surface area contributed by atoms with E-state index in [0.29, 0.717) is 12.2 Å². The summed E-state index contributed by atoms with van der Waals surface area (Å²) in [5.41, 5.74) is 0.0928. The van der Waals surface area contributed by atoms with E-state index in [4.69, 9.17) is 0 Å². The molecule has 0 heterocycles. The Morgan fingerprint density at radius 1 is 1.33 bits per heavy atom. The van der Waals surface area contributed by atoms with Crippen molar-refractivity contribution in [2.24, 2.45) is 5.92 Å². The van der Waals surface area contributed by atoms with Gasteiger partial charge in [0.05, 0.1) is 4.92 Å². The van der Waals surface area contributed by atoms with Gasteiger partial charge in [0.15, 0.2) is 4.90 Å². The van der Waals surface area contributed by atoms with E-state index in [-0.39, 0.29) is 17.4 Å². The molecule has 0 bridgehead atoms. The molecule has 118 valence electrons. The maximum atomic E-state index is 12.2. The first-order chi connectivity index (χ1) is 9.81. The van der Waals surface area contributed by atoms with E-state index in [1.54, 1.807) is 0 Å². The number of nitro benzene ring substituents is 1. The fraction of sp³-hybridized carbons (Fsp3) is 0.538. The zero-order valence-corrected chi connectivity index (χ0v) is 13.2. The smallest absolute Gasteiger partial charge is 0.291 e. The summed E-state index contributed by atoms with van der Waals surface area (Å²) >= 11 is 0. The number of rotatable bonds is 8.